The van der Waals surface area contributed by atoms with E-state index in [1.54, 1.807) is 44.2 Å². The minimum atomic E-state index is -1.10. The zero-order valence-electron chi connectivity index (χ0n) is 15.7. The van der Waals surface area contributed by atoms with Gasteiger partial charge in [0.25, 0.3) is 0 Å². The van der Waals surface area contributed by atoms with Gasteiger partial charge in [-0.15, -0.1) is 0 Å². The molecule has 0 radical (unpaired) electrons. The Morgan fingerprint density at radius 2 is 1.73 bits per heavy atom. The largest absolute Gasteiger partial charge is 0.507 e. The Kier molecular flexibility index (Phi) is 6.35. The van der Waals surface area contributed by atoms with E-state index >= 15 is 0 Å². The predicted molar refractivity (Wildman–Crippen MR) is 97.7 cm³/mol. The molecule has 1 N–H and O–H groups in total. The van der Waals surface area contributed by atoms with E-state index in [2.05, 4.69) is 0 Å². The molecule has 1 aromatic carbocycles. The molecule has 0 heterocycles. The first-order valence-corrected chi connectivity index (χ1v) is 9.01. The highest BCUT2D eigenvalue weighted by molar-refractivity contribution is 6.23. The highest BCUT2D eigenvalue weighted by Crippen LogP contribution is 2.35. The number of allylic oxidation sites excluding steroid dienone is 1. The summed E-state index contributed by atoms with van der Waals surface area (Å²) in [6, 6.07) is 8.39. The molecule has 0 amide bonds. The lowest BCUT2D eigenvalue weighted by Crippen LogP contribution is -2.29. The Hall–Kier alpha value is -2.43. The minimum absolute atomic E-state index is 0.209. The van der Waals surface area contributed by atoms with E-state index in [0.717, 1.165) is 6.42 Å². The number of hydrogen-bond acceptors (Lipinski definition) is 5. The summed E-state index contributed by atoms with van der Waals surface area (Å²) in [5, 5.41) is 10.5. The van der Waals surface area contributed by atoms with Crippen LogP contribution in [-0.2, 0) is 14.3 Å². The molecule has 0 bridgehead atoms. The Balaban J connectivity index is 2.31. The zero-order chi connectivity index (χ0) is 19.4. The Labute approximate surface area is 154 Å². The number of carbonyl (C=O) groups is 3. The molecular formula is C21H26O5. The lowest BCUT2D eigenvalue weighted by molar-refractivity contribution is -0.125. The van der Waals surface area contributed by atoms with E-state index in [9.17, 15) is 19.5 Å². The van der Waals surface area contributed by atoms with Gasteiger partial charge in [0.15, 0.2) is 17.7 Å². The number of esters is 1. The van der Waals surface area contributed by atoms with Gasteiger partial charge in [-0.1, -0.05) is 52.3 Å². The first kappa shape index (κ1) is 19.9. The van der Waals surface area contributed by atoms with Crippen molar-refractivity contribution in [3.05, 3.63) is 47.2 Å². The van der Waals surface area contributed by atoms with E-state index in [0.29, 0.717) is 17.9 Å². The van der Waals surface area contributed by atoms with Gasteiger partial charge >= 0.3 is 5.97 Å². The second-order valence-electron chi connectivity index (χ2n) is 7.41. The fraction of sp³-hybridized carbons (Fsp3) is 0.476. The summed E-state index contributed by atoms with van der Waals surface area (Å²) in [5.74, 6) is -2.67. The smallest absolute Gasteiger partial charge is 0.338 e. The molecule has 26 heavy (non-hydrogen) atoms. The van der Waals surface area contributed by atoms with E-state index in [-0.39, 0.29) is 5.57 Å². The van der Waals surface area contributed by atoms with E-state index < -0.39 is 41.2 Å². The lowest BCUT2D eigenvalue weighted by Gasteiger charge is -2.20. The van der Waals surface area contributed by atoms with Gasteiger partial charge in [0.1, 0.15) is 11.3 Å². The average molecular weight is 358 g/mol. The van der Waals surface area contributed by atoms with Crippen LogP contribution >= 0.6 is 0 Å². The summed E-state index contributed by atoms with van der Waals surface area (Å²) in [6.45, 7) is 7.39. The van der Waals surface area contributed by atoms with Crippen molar-refractivity contribution < 1.29 is 24.2 Å². The minimum Gasteiger partial charge on any atom is -0.507 e. The first-order valence-electron chi connectivity index (χ1n) is 9.01. The second-order valence-corrected chi connectivity index (χ2v) is 7.41. The van der Waals surface area contributed by atoms with Crippen molar-refractivity contribution in [1.82, 2.24) is 0 Å². The third-order valence-electron chi connectivity index (χ3n) is 4.54. The third-order valence-corrected chi connectivity index (χ3v) is 4.54. The van der Waals surface area contributed by atoms with Gasteiger partial charge in [0, 0.05) is 5.92 Å². The topological polar surface area (TPSA) is 80.7 Å². The van der Waals surface area contributed by atoms with Crippen LogP contribution in [-0.4, -0.2) is 28.7 Å². The van der Waals surface area contributed by atoms with Crippen LogP contribution in [0.1, 0.15) is 50.9 Å². The van der Waals surface area contributed by atoms with Crippen molar-refractivity contribution in [2.24, 2.45) is 17.8 Å². The Bertz CT molecular complexity index is 715. The summed E-state index contributed by atoms with van der Waals surface area (Å²) in [7, 11) is 0. The van der Waals surface area contributed by atoms with Gasteiger partial charge in [-0.25, -0.2) is 4.79 Å². The summed E-state index contributed by atoms with van der Waals surface area (Å²) < 4.78 is 5.47. The maximum Gasteiger partial charge on any atom is 0.338 e. The summed E-state index contributed by atoms with van der Waals surface area (Å²) >= 11 is 0. The van der Waals surface area contributed by atoms with Crippen molar-refractivity contribution in [1.29, 1.82) is 0 Å². The molecule has 2 atom stereocenters. The Morgan fingerprint density at radius 1 is 1.12 bits per heavy atom. The molecule has 5 nitrogen and oxygen atoms in total. The predicted octanol–water partition coefficient (Wildman–Crippen LogP) is 3.88. The molecule has 2 rings (SSSR count). The molecule has 5 heteroatoms. The number of hydrogen-bond donors (Lipinski definition) is 1. The van der Waals surface area contributed by atoms with Gasteiger partial charge in [-0.05, 0) is 24.5 Å². The van der Waals surface area contributed by atoms with Crippen molar-refractivity contribution in [2.45, 2.75) is 46.6 Å². The summed E-state index contributed by atoms with van der Waals surface area (Å²) in [5.41, 5.74) is 0.124. The van der Waals surface area contributed by atoms with Crippen LogP contribution in [0.2, 0.25) is 0 Å². The van der Waals surface area contributed by atoms with Crippen molar-refractivity contribution in [3.8, 4) is 0 Å². The van der Waals surface area contributed by atoms with Crippen LogP contribution in [0.3, 0.4) is 0 Å². The molecule has 0 aromatic heterocycles. The normalized spacial score (nSPS) is 20.2. The lowest BCUT2D eigenvalue weighted by atomic mass is 9.90. The van der Waals surface area contributed by atoms with Gasteiger partial charge in [0.05, 0.1) is 11.5 Å². The van der Waals surface area contributed by atoms with E-state index in [4.69, 9.17) is 4.74 Å². The number of carbonyl (C=O) groups excluding carboxylic acids is 3. The SMILES string of the molecule is CC(C)CCC1C(=O)C(C(=O)C(C)C)=C(O)C1OC(=O)c1ccccc1. The van der Waals surface area contributed by atoms with Crippen LogP contribution in [0, 0.1) is 17.8 Å². The maximum atomic E-state index is 12.8. The van der Waals surface area contributed by atoms with Crippen molar-refractivity contribution in [3.63, 3.8) is 0 Å². The monoisotopic (exact) mass is 358 g/mol. The molecule has 0 fully saturated rings. The Morgan fingerprint density at radius 3 is 2.27 bits per heavy atom. The molecular weight excluding hydrogens is 332 g/mol. The zero-order valence-corrected chi connectivity index (χ0v) is 15.7. The number of benzene rings is 1. The third kappa shape index (κ3) is 4.21. The molecule has 0 aliphatic heterocycles. The molecule has 0 saturated carbocycles. The number of Topliss-reactive ketones (excluding diaryl/α,β-unsaturated/α-hetero) is 2. The first-order chi connectivity index (χ1) is 12.2. The number of ether oxygens (including phenoxy) is 1. The summed E-state index contributed by atoms with van der Waals surface area (Å²) in [4.78, 5) is 37.5. The standard InChI is InChI=1S/C21H26O5/c1-12(2)10-11-15-18(23)16(17(22)13(3)4)19(24)20(15)26-21(25)14-8-6-5-7-9-14/h5-9,12-13,15,20,24H,10-11H2,1-4H3. The molecule has 2 unspecified atom stereocenters. The quantitative estimate of drug-likeness (QED) is 0.591. The van der Waals surface area contributed by atoms with Gasteiger partial charge < -0.3 is 9.84 Å². The average Bonchev–Trinajstić information content (AvgIpc) is 2.83. The summed E-state index contributed by atoms with van der Waals surface area (Å²) in [6.07, 6.45) is 0.0700. The van der Waals surface area contributed by atoms with E-state index in [1.165, 1.54) is 0 Å². The molecule has 1 aliphatic carbocycles. The molecule has 0 saturated heterocycles. The maximum absolute atomic E-state index is 12.8. The fourth-order valence-corrected chi connectivity index (χ4v) is 3.01. The van der Waals surface area contributed by atoms with Crippen LogP contribution in [0.15, 0.2) is 41.7 Å². The highest BCUT2D eigenvalue weighted by Gasteiger charge is 2.47. The van der Waals surface area contributed by atoms with Crippen LogP contribution in [0.25, 0.3) is 0 Å². The number of aliphatic hydroxyl groups excluding tert-OH is 1. The van der Waals surface area contributed by atoms with Crippen LogP contribution < -0.4 is 0 Å². The molecule has 1 aliphatic rings. The van der Waals surface area contributed by atoms with E-state index in [1.807, 2.05) is 13.8 Å². The fourth-order valence-electron chi connectivity index (χ4n) is 3.01. The number of ketones is 2. The number of rotatable bonds is 7. The van der Waals surface area contributed by atoms with Crippen LogP contribution in [0.5, 0.6) is 0 Å². The van der Waals surface area contributed by atoms with Gasteiger partial charge in [-0.2, -0.15) is 0 Å². The van der Waals surface area contributed by atoms with Crippen LogP contribution in [0.4, 0.5) is 0 Å². The molecule has 1 aromatic rings. The highest BCUT2D eigenvalue weighted by atomic mass is 16.6. The van der Waals surface area contributed by atoms with Crippen molar-refractivity contribution in [2.75, 3.05) is 0 Å². The second kappa shape index (κ2) is 8.30. The van der Waals surface area contributed by atoms with Crippen molar-refractivity contribution >= 4 is 17.5 Å². The molecule has 140 valence electrons. The molecule has 0 spiro atoms. The van der Waals surface area contributed by atoms with Gasteiger partial charge in [0.2, 0.25) is 0 Å². The number of aliphatic hydroxyl groups is 1. The van der Waals surface area contributed by atoms with Gasteiger partial charge in [-0.3, -0.25) is 9.59 Å².